The molecule has 110 valence electrons. The Balaban J connectivity index is 2.03. The third-order valence-electron chi connectivity index (χ3n) is 3.78. The van der Waals surface area contributed by atoms with E-state index < -0.39 is 0 Å². The van der Waals surface area contributed by atoms with Crippen LogP contribution >= 0.6 is 0 Å². The van der Waals surface area contributed by atoms with Crippen molar-refractivity contribution in [3.63, 3.8) is 0 Å². The topological polar surface area (TPSA) is 64.4 Å². The molecule has 1 fully saturated rings. The van der Waals surface area contributed by atoms with Crippen molar-refractivity contribution in [1.29, 1.82) is 0 Å². The largest absolute Gasteiger partial charge is 0.494 e. The molecule has 1 aliphatic carbocycles. The van der Waals surface area contributed by atoms with Crippen LogP contribution in [-0.4, -0.2) is 18.1 Å². The number of nitro groups is 1. The Morgan fingerprint density at radius 3 is 2.75 bits per heavy atom. The van der Waals surface area contributed by atoms with Crippen LogP contribution in [0.15, 0.2) is 18.2 Å². The van der Waals surface area contributed by atoms with Gasteiger partial charge in [-0.15, -0.1) is 0 Å². The average Bonchev–Trinajstić information content (AvgIpc) is 2.47. The first-order valence-corrected chi connectivity index (χ1v) is 7.35. The Labute approximate surface area is 119 Å². The van der Waals surface area contributed by atoms with Gasteiger partial charge in [0.1, 0.15) is 11.4 Å². The summed E-state index contributed by atoms with van der Waals surface area (Å²) in [6.07, 6.45) is 6.31. The molecule has 1 aliphatic rings. The zero-order valence-corrected chi connectivity index (χ0v) is 11.9. The van der Waals surface area contributed by atoms with E-state index >= 15 is 0 Å². The van der Waals surface area contributed by atoms with Crippen molar-refractivity contribution in [2.24, 2.45) is 5.92 Å². The van der Waals surface area contributed by atoms with Gasteiger partial charge in [0.05, 0.1) is 17.6 Å². The van der Waals surface area contributed by atoms with E-state index in [9.17, 15) is 10.1 Å². The highest BCUT2D eigenvalue weighted by Crippen LogP contribution is 2.30. The molecule has 0 amide bonds. The summed E-state index contributed by atoms with van der Waals surface area (Å²) in [4.78, 5) is 10.8. The minimum absolute atomic E-state index is 0.0896. The third-order valence-corrected chi connectivity index (χ3v) is 3.78. The van der Waals surface area contributed by atoms with Crippen molar-refractivity contribution in [2.45, 2.75) is 39.0 Å². The standard InChI is InChI=1S/C15H22N2O3/c1-2-20-13-8-9-14(15(10-13)17(18)19)16-11-12-6-4-3-5-7-12/h8-10,12,16H,2-7,11H2,1H3. The van der Waals surface area contributed by atoms with Crippen molar-refractivity contribution < 1.29 is 9.66 Å². The van der Waals surface area contributed by atoms with Gasteiger partial charge < -0.3 is 10.1 Å². The number of rotatable bonds is 6. The second-order valence-electron chi connectivity index (χ2n) is 5.25. The average molecular weight is 278 g/mol. The lowest BCUT2D eigenvalue weighted by atomic mass is 9.89. The van der Waals surface area contributed by atoms with Gasteiger partial charge in [-0.3, -0.25) is 10.1 Å². The zero-order valence-electron chi connectivity index (χ0n) is 11.9. The maximum atomic E-state index is 11.1. The van der Waals surface area contributed by atoms with Crippen LogP contribution in [0.2, 0.25) is 0 Å². The van der Waals surface area contributed by atoms with E-state index in [-0.39, 0.29) is 10.6 Å². The van der Waals surface area contributed by atoms with Gasteiger partial charge in [0, 0.05) is 6.54 Å². The molecule has 0 saturated heterocycles. The summed E-state index contributed by atoms with van der Waals surface area (Å²) in [5.41, 5.74) is 0.677. The van der Waals surface area contributed by atoms with Crippen LogP contribution < -0.4 is 10.1 Å². The molecule has 0 radical (unpaired) electrons. The number of nitrogens with zero attached hydrogens (tertiary/aromatic N) is 1. The molecule has 0 aromatic heterocycles. The summed E-state index contributed by atoms with van der Waals surface area (Å²) in [7, 11) is 0. The van der Waals surface area contributed by atoms with Gasteiger partial charge in [0.25, 0.3) is 5.69 Å². The van der Waals surface area contributed by atoms with Crippen LogP contribution in [0.25, 0.3) is 0 Å². The molecule has 5 heteroatoms. The molecule has 2 rings (SSSR count). The molecule has 1 aromatic rings. The quantitative estimate of drug-likeness (QED) is 0.631. The first kappa shape index (κ1) is 14.6. The second-order valence-corrected chi connectivity index (χ2v) is 5.25. The lowest BCUT2D eigenvalue weighted by molar-refractivity contribution is -0.384. The lowest BCUT2D eigenvalue weighted by Gasteiger charge is -2.22. The molecule has 0 aliphatic heterocycles. The Kier molecular flexibility index (Phi) is 5.21. The second kappa shape index (κ2) is 7.12. The summed E-state index contributed by atoms with van der Waals surface area (Å²) in [6, 6.07) is 5.01. The van der Waals surface area contributed by atoms with Crippen LogP contribution in [0.1, 0.15) is 39.0 Å². The minimum Gasteiger partial charge on any atom is -0.494 e. The lowest BCUT2D eigenvalue weighted by Crippen LogP contribution is -2.17. The monoisotopic (exact) mass is 278 g/mol. The first-order valence-electron chi connectivity index (χ1n) is 7.35. The fourth-order valence-corrected chi connectivity index (χ4v) is 2.71. The van der Waals surface area contributed by atoms with Crippen molar-refractivity contribution >= 4 is 11.4 Å². The number of benzene rings is 1. The molecule has 0 spiro atoms. The first-order chi connectivity index (χ1) is 9.70. The molecule has 0 heterocycles. The molecular weight excluding hydrogens is 256 g/mol. The van der Waals surface area contributed by atoms with E-state index in [0.717, 1.165) is 6.54 Å². The van der Waals surface area contributed by atoms with Crippen LogP contribution in [0, 0.1) is 16.0 Å². The van der Waals surface area contributed by atoms with Gasteiger partial charge in [-0.2, -0.15) is 0 Å². The minimum atomic E-state index is -0.355. The normalized spacial score (nSPS) is 15.8. The van der Waals surface area contributed by atoms with Gasteiger partial charge in [-0.1, -0.05) is 19.3 Å². The van der Waals surface area contributed by atoms with E-state index in [1.807, 2.05) is 6.92 Å². The highest BCUT2D eigenvalue weighted by molar-refractivity contribution is 5.63. The van der Waals surface area contributed by atoms with Crippen molar-refractivity contribution in [1.82, 2.24) is 0 Å². The third kappa shape index (κ3) is 3.85. The number of hydrogen-bond acceptors (Lipinski definition) is 4. The van der Waals surface area contributed by atoms with Crippen LogP contribution in [-0.2, 0) is 0 Å². The van der Waals surface area contributed by atoms with Crippen LogP contribution in [0.5, 0.6) is 5.75 Å². The van der Waals surface area contributed by atoms with Crippen molar-refractivity contribution in [3.8, 4) is 5.75 Å². The van der Waals surface area contributed by atoms with Gasteiger partial charge in [0.2, 0.25) is 0 Å². The Morgan fingerprint density at radius 1 is 1.35 bits per heavy atom. The molecule has 20 heavy (non-hydrogen) atoms. The molecule has 0 unspecified atom stereocenters. The molecule has 5 nitrogen and oxygen atoms in total. The Bertz CT molecular complexity index is 456. The van der Waals surface area contributed by atoms with E-state index in [2.05, 4.69) is 5.32 Å². The highest BCUT2D eigenvalue weighted by atomic mass is 16.6. The van der Waals surface area contributed by atoms with Gasteiger partial charge in [0.15, 0.2) is 0 Å². The molecule has 1 saturated carbocycles. The maximum Gasteiger partial charge on any atom is 0.296 e. The Morgan fingerprint density at radius 2 is 2.10 bits per heavy atom. The molecule has 0 atom stereocenters. The SMILES string of the molecule is CCOc1ccc(NCC2CCCCC2)c([N+](=O)[O-])c1. The zero-order chi connectivity index (χ0) is 14.4. The summed E-state index contributed by atoms with van der Waals surface area (Å²) in [5, 5.41) is 14.4. The predicted molar refractivity (Wildman–Crippen MR) is 79.3 cm³/mol. The molecule has 1 aromatic carbocycles. The molecule has 0 bridgehead atoms. The number of hydrogen-bond donors (Lipinski definition) is 1. The van der Waals surface area contributed by atoms with E-state index in [0.29, 0.717) is 24.0 Å². The molecule has 1 N–H and O–H groups in total. The summed E-state index contributed by atoms with van der Waals surface area (Å²) < 4.78 is 5.31. The van der Waals surface area contributed by atoms with E-state index in [1.54, 1.807) is 12.1 Å². The number of nitro benzene ring substituents is 1. The van der Waals surface area contributed by atoms with Crippen LogP contribution in [0.4, 0.5) is 11.4 Å². The Hall–Kier alpha value is -1.78. The predicted octanol–water partition coefficient (Wildman–Crippen LogP) is 3.99. The number of anilines is 1. The number of ether oxygens (including phenoxy) is 1. The van der Waals surface area contributed by atoms with E-state index in [4.69, 9.17) is 4.74 Å². The smallest absolute Gasteiger partial charge is 0.296 e. The van der Waals surface area contributed by atoms with Crippen molar-refractivity contribution in [3.05, 3.63) is 28.3 Å². The highest BCUT2D eigenvalue weighted by Gasteiger charge is 2.18. The van der Waals surface area contributed by atoms with E-state index in [1.165, 1.54) is 38.2 Å². The molecular formula is C15H22N2O3. The van der Waals surface area contributed by atoms with Gasteiger partial charge >= 0.3 is 0 Å². The fourth-order valence-electron chi connectivity index (χ4n) is 2.71. The van der Waals surface area contributed by atoms with Crippen LogP contribution in [0.3, 0.4) is 0 Å². The van der Waals surface area contributed by atoms with Gasteiger partial charge in [-0.25, -0.2) is 0 Å². The van der Waals surface area contributed by atoms with Gasteiger partial charge in [-0.05, 0) is 37.8 Å². The fraction of sp³-hybridized carbons (Fsp3) is 0.600. The summed E-state index contributed by atoms with van der Waals surface area (Å²) >= 11 is 0. The number of nitrogens with one attached hydrogen (secondary N) is 1. The summed E-state index contributed by atoms with van der Waals surface area (Å²) in [6.45, 7) is 3.18. The maximum absolute atomic E-state index is 11.1. The van der Waals surface area contributed by atoms with Crippen molar-refractivity contribution in [2.75, 3.05) is 18.5 Å². The summed E-state index contributed by atoms with van der Waals surface area (Å²) in [5.74, 6) is 1.18.